The smallest absolute Gasteiger partial charge is 0.265 e. The van der Waals surface area contributed by atoms with Crippen molar-refractivity contribution in [2.75, 3.05) is 13.1 Å². The van der Waals surface area contributed by atoms with Crippen molar-refractivity contribution < 1.29 is 18.4 Å². The molecule has 7 heteroatoms. The maximum absolute atomic E-state index is 13.5. The van der Waals surface area contributed by atoms with E-state index < -0.39 is 5.79 Å². The van der Waals surface area contributed by atoms with Crippen molar-refractivity contribution in [3.05, 3.63) is 59.7 Å². The van der Waals surface area contributed by atoms with Crippen molar-refractivity contribution in [2.45, 2.75) is 32.1 Å². The number of aromatic nitrogens is 2. The normalized spacial score (nSPS) is 18.7. The molecular weight excluding hydrogens is 361 g/mol. The summed E-state index contributed by atoms with van der Waals surface area (Å²) in [5.41, 5.74) is 1.28. The van der Waals surface area contributed by atoms with E-state index in [2.05, 4.69) is 15.0 Å². The monoisotopic (exact) mass is 381 g/mol. The Kier molecular flexibility index (Phi) is 3.87. The molecule has 1 atom stereocenters. The fourth-order valence-electron chi connectivity index (χ4n) is 3.78. The van der Waals surface area contributed by atoms with Gasteiger partial charge in [0.05, 0.1) is 12.6 Å². The average Bonchev–Trinajstić information content (AvgIpc) is 3.41. The molecule has 1 saturated heterocycles. The van der Waals surface area contributed by atoms with Crippen LogP contribution in [0.4, 0.5) is 4.39 Å². The van der Waals surface area contributed by atoms with Gasteiger partial charge in [-0.25, -0.2) is 4.39 Å². The van der Waals surface area contributed by atoms with Crippen molar-refractivity contribution in [2.24, 2.45) is 0 Å². The van der Waals surface area contributed by atoms with Crippen LogP contribution in [0.15, 0.2) is 47.0 Å². The lowest BCUT2D eigenvalue weighted by Gasteiger charge is -2.25. The molecule has 0 aliphatic carbocycles. The minimum Gasteiger partial charge on any atom is -0.447 e. The summed E-state index contributed by atoms with van der Waals surface area (Å²) in [6.07, 6.45) is 0.754. The van der Waals surface area contributed by atoms with Gasteiger partial charge in [-0.2, -0.15) is 4.98 Å². The van der Waals surface area contributed by atoms with Crippen LogP contribution in [0.25, 0.3) is 11.4 Å². The Morgan fingerprint density at radius 1 is 1.14 bits per heavy atom. The molecule has 0 saturated carbocycles. The number of benzene rings is 2. The summed E-state index contributed by atoms with van der Waals surface area (Å²) in [6, 6.07) is 12.4. The highest BCUT2D eigenvalue weighted by molar-refractivity contribution is 5.55. The molecule has 2 aliphatic heterocycles. The van der Waals surface area contributed by atoms with Gasteiger partial charge in [-0.3, -0.25) is 4.90 Å². The maximum atomic E-state index is 13.5. The summed E-state index contributed by atoms with van der Waals surface area (Å²) < 4.78 is 31.2. The van der Waals surface area contributed by atoms with Crippen LogP contribution < -0.4 is 9.47 Å². The van der Waals surface area contributed by atoms with Crippen LogP contribution in [-0.2, 0) is 0 Å². The van der Waals surface area contributed by atoms with Gasteiger partial charge in [-0.15, -0.1) is 0 Å². The Morgan fingerprint density at radius 3 is 2.61 bits per heavy atom. The number of rotatable bonds is 3. The number of para-hydroxylation sites is 2. The van der Waals surface area contributed by atoms with Crippen molar-refractivity contribution in [1.29, 1.82) is 0 Å². The second-order valence-corrected chi connectivity index (χ2v) is 7.38. The Bertz CT molecular complexity index is 1010. The largest absolute Gasteiger partial charge is 0.447 e. The third kappa shape index (κ3) is 2.82. The van der Waals surface area contributed by atoms with Gasteiger partial charge in [0.25, 0.3) is 5.79 Å². The van der Waals surface area contributed by atoms with Gasteiger partial charge in [-0.1, -0.05) is 17.3 Å². The zero-order chi connectivity index (χ0) is 19.3. The van der Waals surface area contributed by atoms with Crippen LogP contribution in [0.1, 0.15) is 30.8 Å². The molecule has 3 heterocycles. The molecule has 6 nitrogen and oxygen atoms in total. The molecule has 5 rings (SSSR count). The van der Waals surface area contributed by atoms with Crippen molar-refractivity contribution in [3.63, 3.8) is 0 Å². The SMILES string of the molecule is Cc1cc(-c2noc(C(C)N3CCC4(C3)Oc3ccccc3O4)n2)ccc1F. The predicted octanol–water partition coefficient (Wildman–Crippen LogP) is 4.12. The lowest BCUT2D eigenvalue weighted by Crippen LogP contribution is -2.42. The minimum absolute atomic E-state index is 0.0851. The molecule has 0 bridgehead atoms. The second kappa shape index (κ2) is 6.31. The predicted molar refractivity (Wildman–Crippen MR) is 99.5 cm³/mol. The highest BCUT2D eigenvalue weighted by Gasteiger charge is 2.49. The Morgan fingerprint density at radius 2 is 1.89 bits per heavy atom. The van der Waals surface area contributed by atoms with E-state index in [9.17, 15) is 4.39 Å². The van der Waals surface area contributed by atoms with Crippen LogP contribution in [-0.4, -0.2) is 33.9 Å². The molecule has 2 aromatic carbocycles. The maximum Gasteiger partial charge on any atom is 0.265 e. The first kappa shape index (κ1) is 17.2. The molecule has 28 heavy (non-hydrogen) atoms. The topological polar surface area (TPSA) is 60.6 Å². The van der Waals surface area contributed by atoms with Crippen LogP contribution in [0, 0.1) is 12.7 Å². The molecular formula is C21H20FN3O3. The van der Waals surface area contributed by atoms with Crippen LogP contribution >= 0.6 is 0 Å². The van der Waals surface area contributed by atoms with E-state index in [1.54, 1.807) is 19.1 Å². The molecule has 1 unspecified atom stereocenters. The van der Waals surface area contributed by atoms with E-state index in [0.717, 1.165) is 30.0 Å². The first-order valence-corrected chi connectivity index (χ1v) is 9.34. The Labute approximate surface area is 161 Å². The van der Waals surface area contributed by atoms with Crippen molar-refractivity contribution >= 4 is 0 Å². The standard InChI is InChI=1S/C21H20FN3O3/c1-13-11-15(7-8-16(13)22)19-23-20(28-24-19)14(2)25-10-9-21(12-25)26-17-5-3-4-6-18(17)27-21/h3-8,11,14H,9-10,12H2,1-2H3. The van der Waals surface area contributed by atoms with Gasteiger partial charge >= 0.3 is 0 Å². The second-order valence-electron chi connectivity index (χ2n) is 7.38. The molecule has 1 aromatic heterocycles. The fourth-order valence-corrected chi connectivity index (χ4v) is 3.78. The molecule has 0 amide bonds. The summed E-state index contributed by atoms with van der Waals surface area (Å²) in [7, 11) is 0. The molecule has 3 aromatic rings. The fraction of sp³-hybridized carbons (Fsp3) is 0.333. The van der Waals surface area contributed by atoms with Gasteiger partial charge in [0, 0.05) is 18.5 Å². The van der Waals surface area contributed by atoms with E-state index in [4.69, 9.17) is 14.0 Å². The number of nitrogens with zero attached hydrogens (tertiary/aromatic N) is 3. The first-order valence-electron chi connectivity index (χ1n) is 9.34. The molecule has 0 N–H and O–H groups in total. The van der Waals surface area contributed by atoms with Crippen LogP contribution in [0.5, 0.6) is 11.5 Å². The number of likely N-dealkylation sites (tertiary alicyclic amines) is 1. The third-order valence-corrected chi connectivity index (χ3v) is 5.43. The summed E-state index contributed by atoms with van der Waals surface area (Å²) in [5.74, 6) is 1.63. The molecule has 144 valence electrons. The van der Waals surface area contributed by atoms with Crippen LogP contribution in [0.2, 0.25) is 0 Å². The lowest BCUT2D eigenvalue weighted by molar-refractivity contribution is -0.0701. The van der Waals surface area contributed by atoms with Gasteiger partial charge in [0.2, 0.25) is 11.7 Å². The number of halogens is 1. The summed E-state index contributed by atoms with van der Waals surface area (Å²) >= 11 is 0. The quantitative estimate of drug-likeness (QED) is 0.680. The summed E-state index contributed by atoms with van der Waals surface area (Å²) in [4.78, 5) is 6.73. The number of aryl methyl sites for hydroxylation is 1. The molecule has 1 fully saturated rings. The van der Waals surface area contributed by atoms with E-state index in [-0.39, 0.29) is 11.9 Å². The zero-order valence-electron chi connectivity index (χ0n) is 15.7. The van der Waals surface area contributed by atoms with E-state index in [1.807, 2.05) is 31.2 Å². The van der Waals surface area contributed by atoms with Crippen LogP contribution in [0.3, 0.4) is 0 Å². The Hall–Kier alpha value is -2.93. The molecule has 2 aliphatic rings. The average molecular weight is 381 g/mol. The molecule has 0 radical (unpaired) electrons. The minimum atomic E-state index is -0.658. The molecule has 1 spiro atoms. The Balaban J connectivity index is 1.32. The summed E-state index contributed by atoms with van der Waals surface area (Å²) in [6.45, 7) is 5.14. The van der Waals surface area contributed by atoms with E-state index >= 15 is 0 Å². The van der Waals surface area contributed by atoms with Gasteiger partial charge in [-0.05, 0) is 49.7 Å². The van der Waals surface area contributed by atoms with Gasteiger partial charge in [0.1, 0.15) is 5.82 Å². The first-order chi connectivity index (χ1) is 13.5. The highest BCUT2D eigenvalue weighted by atomic mass is 19.1. The zero-order valence-corrected chi connectivity index (χ0v) is 15.7. The van der Waals surface area contributed by atoms with E-state index in [1.165, 1.54) is 6.07 Å². The highest BCUT2D eigenvalue weighted by Crippen LogP contribution is 2.44. The number of ether oxygens (including phenoxy) is 2. The summed E-state index contributed by atoms with van der Waals surface area (Å²) in [5, 5.41) is 4.07. The lowest BCUT2D eigenvalue weighted by atomic mass is 10.1. The van der Waals surface area contributed by atoms with Gasteiger partial charge in [0.15, 0.2) is 11.5 Å². The van der Waals surface area contributed by atoms with Crippen molar-refractivity contribution in [3.8, 4) is 22.9 Å². The number of fused-ring (bicyclic) bond motifs is 1. The number of hydrogen-bond acceptors (Lipinski definition) is 6. The third-order valence-electron chi connectivity index (χ3n) is 5.43. The van der Waals surface area contributed by atoms with Gasteiger partial charge < -0.3 is 14.0 Å². The van der Waals surface area contributed by atoms with E-state index in [0.29, 0.717) is 23.8 Å². The van der Waals surface area contributed by atoms with Crippen molar-refractivity contribution in [1.82, 2.24) is 15.0 Å². The number of hydrogen-bond donors (Lipinski definition) is 0.